The molecule has 6 nitrogen and oxygen atoms in total. The molecule has 4 rings (SSSR count). The molecule has 2 N–H and O–H groups in total. The molecule has 0 aliphatic heterocycles. The van der Waals surface area contributed by atoms with E-state index < -0.39 is 17.2 Å². The molecule has 1 amide bonds. The molecule has 168 valence electrons. The van der Waals surface area contributed by atoms with Crippen LogP contribution in [-0.4, -0.2) is 27.1 Å². The van der Waals surface area contributed by atoms with Crippen LogP contribution >= 0.6 is 23.2 Å². The molecule has 0 saturated carbocycles. The number of halogens is 2. The highest BCUT2D eigenvalue weighted by atomic mass is 35.5. The number of aromatic nitrogens is 2. The van der Waals surface area contributed by atoms with Gasteiger partial charge in [-0.3, -0.25) is 14.6 Å². The summed E-state index contributed by atoms with van der Waals surface area (Å²) in [5.74, 6) is -1.09. The molecule has 8 heteroatoms. The van der Waals surface area contributed by atoms with E-state index in [1.165, 1.54) is 4.57 Å². The van der Waals surface area contributed by atoms with E-state index in [1.54, 1.807) is 37.6 Å². The van der Waals surface area contributed by atoms with Gasteiger partial charge in [0.15, 0.2) is 5.75 Å². The van der Waals surface area contributed by atoms with Crippen LogP contribution in [0.15, 0.2) is 65.7 Å². The van der Waals surface area contributed by atoms with E-state index in [0.29, 0.717) is 35.1 Å². The van der Waals surface area contributed by atoms with Crippen LogP contribution in [0.4, 0.5) is 0 Å². The molecule has 0 bridgehead atoms. The Morgan fingerprint density at radius 1 is 1.12 bits per heavy atom. The standard InChI is InChI=1S/C25H21Cl2N3O3/c1-30-22(18-6-2-5-16-14-28-11-9-17(16)18)13-19(23(31)25(30)33)24(32)29-10-3-4-15-7-8-20(26)21(27)12-15/h2,5-9,11-14,31H,3-4,10H2,1H3,(H,29,32). The van der Waals surface area contributed by atoms with Crippen LogP contribution in [0.25, 0.3) is 22.0 Å². The van der Waals surface area contributed by atoms with Crippen molar-refractivity contribution < 1.29 is 9.90 Å². The van der Waals surface area contributed by atoms with E-state index in [1.807, 2.05) is 30.3 Å². The Morgan fingerprint density at radius 3 is 2.73 bits per heavy atom. The summed E-state index contributed by atoms with van der Waals surface area (Å²) in [5, 5.41) is 16.0. The van der Waals surface area contributed by atoms with Crippen LogP contribution in [0.5, 0.6) is 5.75 Å². The smallest absolute Gasteiger partial charge is 0.293 e. The predicted molar refractivity (Wildman–Crippen MR) is 131 cm³/mol. The number of pyridine rings is 2. The van der Waals surface area contributed by atoms with Crippen molar-refractivity contribution in [3.63, 3.8) is 0 Å². The number of carbonyl (C=O) groups excluding carboxylic acids is 1. The topological polar surface area (TPSA) is 84.2 Å². The van der Waals surface area contributed by atoms with Gasteiger partial charge in [0, 0.05) is 36.9 Å². The van der Waals surface area contributed by atoms with Crippen LogP contribution in [0.2, 0.25) is 10.0 Å². The van der Waals surface area contributed by atoms with E-state index in [9.17, 15) is 14.7 Å². The number of aromatic hydroxyl groups is 1. The van der Waals surface area contributed by atoms with Gasteiger partial charge in [-0.15, -0.1) is 0 Å². The van der Waals surface area contributed by atoms with Crippen LogP contribution < -0.4 is 10.9 Å². The second kappa shape index (κ2) is 9.65. The average molecular weight is 482 g/mol. The summed E-state index contributed by atoms with van der Waals surface area (Å²) in [6.45, 7) is 0.364. The lowest BCUT2D eigenvalue weighted by Gasteiger charge is -2.14. The molecule has 2 heterocycles. The molecule has 0 aliphatic rings. The second-order valence-electron chi connectivity index (χ2n) is 7.67. The van der Waals surface area contributed by atoms with Gasteiger partial charge >= 0.3 is 0 Å². The van der Waals surface area contributed by atoms with Gasteiger partial charge in [0.1, 0.15) is 0 Å². The quantitative estimate of drug-likeness (QED) is 0.380. The Bertz CT molecular complexity index is 1410. The molecule has 0 saturated heterocycles. The SMILES string of the molecule is Cn1c(-c2cccc3cnccc23)cc(C(=O)NCCCc2ccc(Cl)c(Cl)c2)c(O)c1=O. The fourth-order valence-corrected chi connectivity index (χ4v) is 4.07. The number of rotatable bonds is 6. The summed E-state index contributed by atoms with van der Waals surface area (Å²) in [7, 11) is 1.57. The van der Waals surface area contributed by atoms with Crippen molar-refractivity contribution >= 4 is 39.9 Å². The molecule has 33 heavy (non-hydrogen) atoms. The maximum absolute atomic E-state index is 12.8. The molecule has 0 aliphatic carbocycles. The minimum atomic E-state index is -0.639. The van der Waals surface area contributed by atoms with Gasteiger partial charge in [-0.25, -0.2) is 0 Å². The maximum atomic E-state index is 12.8. The van der Waals surface area contributed by atoms with Gasteiger partial charge in [0.25, 0.3) is 11.5 Å². The predicted octanol–water partition coefficient (Wildman–Crippen LogP) is 4.98. The fraction of sp³-hybridized carbons (Fsp3) is 0.160. The Balaban J connectivity index is 1.56. The number of nitrogens with one attached hydrogen (secondary N) is 1. The Labute approximate surface area is 200 Å². The van der Waals surface area contributed by atoms with Gasteiger partial charge in [0.2, 0.25) is 0 Å². The number of hydrogen-bond donors (Lipinski definition) is 2. The van der Waals surface area contributed by atoms with Crippen molar-refractivity contribution in [1.29, 1.82) is 0 Å². The summed E-state index contributed by atoms with van der Waals surface area (Å²) >= 11 is 12.0. The first-order valence-corrected chi connectivity index (χ1v) is 11.1. The highest BCUT2D eigenvalue weighted by Gasteiger charge is 2.19. The zero-order valence-electron chi connectivity index (χ0n) is 17.8. The van der Waals surface area contributed by atoms with E-state index in [2.05, 4.69) is 10.3 Å². The average Bonchev–Trinajstić information content (AvgIpc) is 2.82. The van der Waals surface area contributed by atoms with Crippen LogP contribution in [0.1, 0.15) is 22.3 Å². The van der Waals surface area contributed by atoms with Crippen molar-refractivity contribution in [3.8, 4) is 17.0 Å². The van der Waals surface area contributed by atoms with Crippen LogP contribution in [-0.2, 0) is 13.5 Å². The molecular formula is C25H21Cl2N3O3. The molecular weight excluding hydrogens is 461 g/mol. The first kappa shape index (κ1) is 22.8. The highest BCUT2D eigenvalue weighted by molar-refractivity contribution is 6.42. The first-order valence-electron chi connectivity index (χ1n) is 10.3. The first-order chi connectivity index (χ1) is 15.9. The lowest BCUT2D eigenvalue weighted by molar-refractivity contribution is 0.0950. The van der Waals surface area contributed by atoms with Gasteiger partial charge in [-0.2, -0.15) is 0 Å². The minimum Gasteiger partial charge on any atom is -0.502 e. The number of benzene rings is 2. The highest BCUT2D eigenvalue weighted by Crippen LogP contribution is 2.29. The van der Waals surface area contributed by atoms with Gasteiger partial charge < -0.3 is 15.0 Å². The van der Waals surface area contributed by atoms with E-state index >= 15 is 0 Å². The Hall–Kier alpha value is -3.35. The minimum absolute atomic E-state index is 0.0614. The lowest BCUT2D eigenvalue weighted by Crippen LogP contribution is -2.28. The van der Waals surface area contributed by atoms with Crippen molar-refractivity contribution in [3.05, 3.63) is 92.5 Å². The molecule has 0 unspecified atom stereocenters. The van der Waals surface area contributed by atoms with E-state index in [4.69, 9.17) is 23.2 Å². The zero-order valence-corrected chi connectivity index (χ0v) is 19.3. The van der Waals surface area contributed by atoms with Crippen molar-refractivity contribution in [2.45, 2.75) is 12.8 Å². The third-order valence-corrected chi connectivity index (χ3v) is 6.26. The monoisotopic (exact) mass is 481 g/mol. The largest absolute Gasteiger partial charge is 0.502 e. The third kappa shape index (κ3) is 4.72. The van der Waals surface area contributed by atoms with Crippen molar-refractivity contribution in [2.75, 3.05) is 6.54 Å². The van der Waals surface area contributed by atoms with E-state index in [-0.39, 0.29) is 5.56 Å². The molecule has 0 radical (unpaired) electrons. The van der Waals surface area contributed by atoms with Gasteiger partial charge in [-0.1, -0.05) is 47.5 Å². The number of hydrogen-bond acceptors (Lipinski definition) is 4. The number of aryl methyl sites for hydroxylation is 1. The summed E-state index contributed by atoms with van der Waals surface area (Å²) < 4.78 is 1.34. The molecule has 0 fully saturated rings. The number of fused-ring (bicyclic) bond motifs is 1. The van der Waals surface area contributed by atoms with Crippen molar-refractivity contribution in [1.82, 2.24) is 14.9 Å². The van der Waals surface area contributed by atoms with Gasteiger partial charge in [0.05, 0.1) is 21.3 Å². The third-order valence-electron chi connectivity index (χ3n) is 5.52. The number of amides is 1. The summed E-state index contributed by atoms with van der Waals surface area (Å²) in [4.78, 5) is 29.6. The fourth-order valence-electron chi connectivity index (χ4n) is 3.75. The second-order valence-corrected chi connectivity index (χ2v) is 8.48. The van der Waals surface area contributed by atoms with E-state index in [0.717, 1.165) is 21.9 Å². The zero-order chi connectivity index (χ0) is 23.5. The Kier molecular flexibility index (Phi) is 6.67. The normalized spacial score (nSPS) is 11.0. The summed E-state index contributed by atoms with van der Waals surface area (Å²) in [6.07, 6.45) is 4.75. The Morgan fingerprint density at radius 2 is 1.94 bits per heavy atom. The molecule has 2 aromatic carbocycles. The lowest BCUT2D eigenvalue weighted by atomic mass is 10.0. The summed E-state index contributed by atoms with van der Waals surface area (Å²) in [6, 6.07) is 14.5. The molecule has 2 aromatic heterocycles. The van der Waals surface area contributed by atoms with Gasteiger partial charge in [-0.05, 0) is 48.1 Å². The molecule has 4 aromatic rings. The number of carbonyl (C=O) groups is 1. The molecule has 0 atom stereocenters. The van der Waals surface area contributed by atoms with Crippen molar-refractivity contribution in [2.24, 2.45) is 7.05 Å². The van der Waals surface area contributed by atoms with Crippen LogP contribution in [0.3, 0.4) is 0 Å². The summed E-state index contributed by atoms with van der Waals surface area (Å²) in [5.41, 5.74) is 1.59. The maximum Gasteiger partial charge on any atom is 0.293 e. The van der Waals surface area contributed by atoms with Crippen LogP contribution in [0, 0.1) is 0 Å². The molecule has 0 spiro atoms. The number of nitrogens with zero attached hydrogens (tertiary/aromatic N) is 2.